The predicted molar refractivity (Wildman–Crippen MR) is 79.1 cm³/mol. The average molecular weight is 292 g/mol. The molecule has 4 nitrogen and oxygen atoms in total. The lowest BCUT2D eigenvalue weighted by molar-refractivity contribution is 0.539. The second-order valence-electron chi connectivity index (χ2n) is 5.37. The third-order valence-electron chi connectivity index (χ3n) is 2.56. The van der Waals surface area contributed by atoms with Crippen molar-refractivity contribution in [2.24, 2.45) is 5.84 Å². The van der Waals surface area contributed by atoms with Crippen LogP contribution in [0.3, 0.4) is 0 Å². The first-order valence-electron chi connectivity index (χ1n) is 6.18. The molecule has 0 bridgehead atoms. The van der Waals surface area contributed by atoms with E-state index in [1.54, 1.807) is 18.2 Å². The number of nitrogen functional groups attached to an aromatic ring is 1. The molecular formula is C14H17FN4S. The van der Waals surface area contributed by atoms with E-state index < -0.39 is 0 Å². The van der Waals surface area contributed by atoms with Gasteiger partial charge in [0.2, 0.25) is 0 Å². The van der Waals surface area contributed by atoms with Crippen LogP contribution in [0.25, 0.3) is 0 Å². The van der Waals surface area contributed by atoms with Gasteiger partial charge in [0.1, 0.15) is 22.5 Å². The van der Waals surface area contributed by atoms with E-state index in [4.69, 9.17) is 5.84 Å². The van der Waals surface area contributed by atoms with Gasteiger partial charge >= 0.3 is 0 Å². The lowest BCUT2D eigenvalue weighted by Gasteiger charge is -2.18. The quantitative estimate of drug-likeness (QED) is 0.516. The Morgan fingerprint density at radius 3 is 2.35 bits per heavy atom. The van der Waals surface area contributed by atoms with Crippen LogP contribution in [-0.4, -0.2) is 9.97 Å². The second kappa shape index (κ2) is 5.76. The second-order valence-corrected chi connectivity index (χ2v) is 6.46. The summed E-state index contributed by atoms with van der Waals surface area (Å²) in [6.07, 6.45) is 0. The topological polar surface area (TPSA) is 63.8 Å². The number of hydrogen-bond acceptors (Lipinski definition) is 5. The van der Waals surface area contributed by atoms with Crippen LogP contribution in [0, 0.1) is 5.82 Å². The summed E-state index contributed by atoms with van der Waals surface area (Å²) in [6.45, 7) is 6.11. The molecule has 0 atom stereocenters. The Bertz CT molecular complexity index is 593. The summed E-state index contributed by atoms with van der Waals surface area (Å²) in [5, 5.41) is 0.768. The first kappa shape index (κ1) is 14.7. The van der Waals surface area contributed by atoms with Gasteiger partial charge in [-0.25, -0.2) is 20.2 Å². The standard InChI is InChI=1S/C14H17FN4S/c1-14(2,3)13-17-11(19-16)8-12(18-13)20-10-6-4-9(15)5-7-10/h4-8H,16H2,1-3H3,(H,17,18,19). The van der Waals surface area contributed by atoms with Gasteiger partial charge in [0.15, 0.2) is 0 Å². The van der Waals surface area contributed by atoms with Crippen molar-refractivity contribution in [2.45, 2.75) is 36.1 Å². The number of benzene rings is 1. The van der Waals surface area contributed by atoms with Crippen LogP contribution in [-0.2, 0) is 5.41 Å². The van der Waals surface area contributed by atoms with E-state index in [0.29, 0.717) is 11.6 Å². The summed E-state index contributed by atoms with van der Waals surface area (Å²) in [7, 11) is 0. The fourth-order valence-corrected chi connectivity index (χ4v) is 2.33. The van der Waals surface area contributed by atoms with Crippen molar-refractivity contribution in [3.8, 4) is 0 Å². The highest BCUT2D eigenvalue weighted by Gasteiger charge is 2.19. The lowest BCUT2D eigenvalue weighted by Crippen LogP contribution is -2.19. The highest BCUT2D eigenvalue weighted by molar-refractivity contribution is 7.99. The minimum atomic E-state index is -0.253. The largest absolute Gasteiger partial charge is 0.308 e. The number of hydrazine groups is 1. The number of hydrogen-bond donors (Lipinski definition) is 2. The van der Waals surface area contributed by atoms with Crippen LogP contribution in [0.15, 0.2) is 40.3 Å². The maximum absolute atomic E-state index is 12.9. The maximum Gasteiger partial charge on any atom is 0.144 e. The fraction of sp³-hybridized carbons (Fsp3) is 0.286. The Labute approximate surface area is 122 Å². The number of anilines is 1. The number of nitrogens with two attached hydrogens (primary N) is 1. The van der Waals surface area contributed by atoms with E-state index in [1.807, 2.05) is 20.8 Å². The zero-order valence-corrected chi connectivity index (χ0v) is 12.5. The van der Waals surface area contributed by atoms with Crippen molar-refractivity contribution in [3.63, 3.8) is 0 Å². The van der Waals surface area contributed by atoms with Crippen molar-refractivity contribution in [2.75, 3.05) is 5.43 Å². The molecule has 0 saturated carbocycles. The summed E-state index contributed by atoms with van der Waals surface area (Å²) in [5.41, 5.74) is 2.37. The highest BCUT2D eigenvalue weighted by atomic mass is 32.2. The molecule has 0 unspecified atom stereocenters. The Kier molecular flexibility index (Phi) is 4.25. The van der Waals surface area contributed by atoms with Gasteiger partial charge in [0, 0.05) is 16.4 Å². The van der Waals surface area contributed by atoms with Crippen LogP contribution in [0.4, 0.5) is 10.2 Å². The molecule has 0 radical (unpaired) electrons. The molecule has 0 spiro atoms. The number of halogens is 1. The van der Waals surface area contributed by atoms with E-state index >= 15 is 0 Å². The molecule has 1 heterocycles. The van der Waals surface area contributed by atoms with Crippen LogP contribution in [0.2, 0.25) is 0 Å². The molecule has 0 amide bonds. The third-order valence-corrected chi connectivity index (χ3v) is 3.48. The average Bonchev–Trinajstić information content (AvgIpc) is 2.40. The highest BCUT2D eigenvalue weighted by Crippen LogP contribution is 2.29. The van der Waals surface area contributed by atoms with Crippen molar-refractivity contribution in [1.82, 2.24) is 9.97 Å². The molecule has 1 aromatic heterocycles. The van der Waals surface area contributed by atoms with E-state index in [2.05, 4.69) is 15.4 Å². The van der Waals surface area contributed by atoms with Gasteiger partial charge in [0.25, 0.3) is 0 Å². The molecule has 6 heteroatoms. The van der Waals surface area contributed by atoms with Crippen LogP contribution in [0.5, 0.6) is 0 Å². The zero-order chi connectivity index (χ0) is 14.8. The number of nitrogens with zero attached hydrogens (tertiary/aromatic N) is 2. The van der Waals surface area contributed by atoms with Crippen molar-refractivity contribution in [3.05, 3.63) is 42.0 Å². The van der Waals surface area contributed by atoms with Crippen LogP contribution in [0.1, 0.15) is 26.6 Å². The Balaban J connectivity index is 2.33. The SMILES string of the molecule is CC(C)(C)c1nc(NN)cc(Sc2ccc(F)cc2)n1. The van der Waals surface area contributed by atoms with E-state index in [9.17, 15) is 4.39 Å². The molecule has 1 aromatic carbocycles. The smallest absolute Gasteiger partial charge is 0.144 e. The van der Waals surface area contributed by atoms with Gasteiger partial charge < -0.3 is 5.43 Å². The normalized spacial score (nSPS) is 11.4. The van der Waals surface area contributed by atoms with E-state index in [1.165, 1.54) is 23.9 Å². The van der Waals surface area contributed by atoms with Gasteiger partial charge in [-0.15, -0.1) is 0 Å². The Morgan fingerprint density at radius 1 is 1.15 bits per heavy atom. The minimum absolute atomic E-state index is 0.176. The molecule has 0 aliphatic carbocycles. The molecule has 3 N–H and O–H groups in total. The number of nitrogens with one attached hydrogen (secondary N) is 1. The molecule has 0 fully saturated rings. The van der Waals surface area contributed by atoms with E-state index in [-0.39, 0.29) is 11.2 Å². The molecule has 0 aliphatic rings. The first-order chi connectivity index (χ1) is 9.38. The van der Waals surface area contributed by atoms with E-state index in [0.717, 1.165) is 9.92 Å². The summed E-state index contributed by atoms with van der Waals surface area (Å²) >= 11 is 1.44. The van der Waals surface area contributed by atoms with Gasteiger partial charge in [0.05, 0.1) is 0 Å². The molecule has 2 rings (SSSR count). The van der Waals surface area contributed by atoms with Crippen molar-refractivity contribution < 1.29 is 4.39 Å². The van der Waals surface area contributed by atoms with Gasteiger partial charge in [-0.3, -0.25) is 0 Å². The number of rotatable bonds is 3. The van der Waals surface area contributed by atoms with Gasteiger partial charge in [-0.1, -0.05) is 32.5 Å². The zero-order valence-electron chi connectivity index (χ0n) is 11.6. The van der Waals surface area contributed by atoms with Crippen LogP contribution >= 0.6 is 11.8 Å². The first-order valence-corrected chi connectivity index (χ1v) is 7.00. The molecule has 20 heavy (non-hydrogen) atoms. The van der Waals surface area contributed by atoms with Crippen LogP contribution < -0.4 is 11.3 Å². The molecule has 0 saturated heterocycles. The molecule has 106 valence electrons. The predicted octanol–water partition coefficient (Wildman–Crippen LogP) is 3.35. The lowest BCUT2D eigenvalue weighted by atomic mass is 9.96. The fourth-order valence-electron chi connectivity index (χ4n) is 1.51. The maximum atomic E-state index is 12.9. The molecule has 2 aromatic rings. The van der Waals surface area contributed by atoms with Crippen molar-refractivity contribution in [1.29, 1.82) is 0 Å². The van der Waals surface area contributed by atoms with Gasteiger partial charge in [-0.2, -0.15) is 0 Å². The summed E-state index contributed by atoms with van der Waals surface area (Å²) in [4.78, 5) is 9.80. The Hall–Kier alpha value is -1.66. The molecular weight excluding hydrogens is 275 g/mol. The molecule has 0 aliphatic heterocycles. The summed E-state index contributed by atoms with van der Waals surface area (Å²) < 4.78 is 12.9. The monoisotopic (exact) mass is 292 g/mol. The van der Waals surface area contributed by atoms with Crippen molar-refractivity contribution >= 4 is 17.6 Å². The van der Waals surface area contributed by atoms with Gasteiger partial charge in [-0.05, 0) is 24.3 Å². The Morgan fingerprint density at radius 2 is 1.80 bits per heavy atom. The minimum Gasteiger partial charge on any atom is -0.308 e. The summed E-state index contributed by atoms with van der Waals surface area (Å²) in [6, 6.07) is 8.05. The summed E-state index contributed by atoms with van der Waals surface area (Å²) in [5.74, 6) is 6.46. The third kappa shape index (κ3) is 3.68. The number of aromatic nitrogens is 2.